The van der Waals surface area contributed by atoms with Gasteiger partial charge in [-0.05, 0) is 52.3 Å². The molecule has 0 bridgehead atoms. The minimum Gasteiger partial charge on any atom is -0.303 e. The van der Waals surface area contributed by atoms with Crippen molar-refractivity contribution in [3.8, 4) is 0 Å². The summed E-state index contributed by atoms with van der Waals surface area (Å²) < 4.78 is 0. The quantitative estimate of drug-likeness (QED) is 0.795. The number of nitrogens with zero attached hydrogens (tertiary/aromatic N) is 2. The van der Waals surface area contributed by atoms with E-state index in [1.807, 2.05) is 57.7 Å². The standard InChI is InChI=1S/C17H24N2O2/c1-7-15(20)18-12(3)16(21)19(17(4,5)6)14-10-11(2)8-9-13(14)18/h8-10,12H,7H2,1-6H3. The first-order chi connectivity index (χ1) is 9.68. The number of hydrogen-bond acceptors (Lipinski definition) is 2. The fourth-order valence-electron chi connectivity index (χ4n) is 2.85. The lowest BCUT2D eigenvalue weighted by Crippen LogP contribution is -2.59. The van der Waals surface area contributed by atoms with Crippen LogP contribution in [-0.2, 0) is 9.59 Å². The summed E-state index contributed by atoms with van der Waals surface area (Å²) in [7, 11) is 0. The number of amides is 2. The van der Waals surface area contributed by atoms with Crippen LogP contribution in [0.25, 0.3) is 0 Å². The molecule has 0 spiro atoms. The van der Waals surface area contributed by atoms with Crippen LogP contribution in [0.3, 0.4) is 0 Å². The number of aryl methyl sites for hydroxylation is 1. The van der Waals surface area contributed by atoms with Gasteiger partial charge in [0.1, 0.15) is 6.04 Å². The van der Waals surface area contributed by atoms with Gasteiger partial charge in [0.15, 0.2) is 0 Å². The van der Waals surface area contributed by atoms with Gasteiger partial charge >= 0.3 is 0 Å². The topological polar surface area (TPSA) is 40.6 Å². The van der Waals surface area contributed by atoms with Crippen LogP contribution in [0, 0.1) is 6.92 Å². The van der Waals surface area contributed by atoms with Crippen molar-refractivity contribution < 1.29 is 9.59 Å². The van der Waals surface area contributed by atoms with Gasteiger partial charge in [-0.1, -0.05) is 13.0 Å². The molecule has 2 amide bonds. The fourth-order valence-corrected chi connectivity index (χ4v) is 2.85. The van der Waals surface area contributed by atoms with Crippen LogP contribution in [0.4, 0.5) is 11.4 Å². The lowest BCUT2D eigenvalue weighted by atomic mass is 9.97. The molecule has 0 N–H and O–H groups in total. The smallest absolute Gasteiger partial charge is 0.250 e. The van der Waals surface area contributed by atoms with E-state index in [9.17, 15) is 9.59 Å². The Labute approximate surface area is 126 Å². The summed E-state index contributed by atoms with van der Waals surface area (Å²) in [6.45, 7) is 11.7. The van der Waals surface area contributed by atoms with Gasteiger partial charge in [0.2, 0.25) is 11.8 Å². The molecule has 1 heterocycles. The largest absolute Gasteiger partial charge is 0.303 e. The number of hydrogen-bond donors (Lipinski definition) is 0. The fraction of sp³-hybridized carbons (Fsp3) is 0.529. The van der Waals surface area contributed by atoms with Crippen molar-refractivity contribution in [2.24, 2.45) is 0 Å². The Morgan fingerprint density at radius 3 is 2.38 bits per heavy atom. The second-order valence-corrected chi connectivity index (χ2v) is 6.63. The molecule has 0 saturated carbocycles. The number of carbonyl (C=O) groups excluding carboxylic acids is 2. The van der Waals surface area contributed by atoms with Crippen molar-refractivity contribution in [3.63, 3.8) is 0 Å². The van der Waals surface area contributed by atoms with Crippen molar-refractivity contribution in [1.82, 2.24) is 0 Å². The van der Waals surface area contributed by atoms with Crippen LogP contribution >= 0.6 is 0 Å². The highest BCUT2D eigenvalue weighted by atomic mass is 16.2. The molecule has 0 fully saturated rings. The molecule has 4 nitrogen and oxygen atoms in total. The van der Waals surface area contributed by atoms with Crippen molar-refractivity contribution in [2.75, 3.05) is 9.80 Å². The predicted octanol–water partition coefficient (Wildman–Crippen LogP) is 3.27. The minimum atomic E-state index is -0.466. The van der Waals surface area contributed by atoms with Crippen LogP contribution in [0.15, 0.2) is 18.2 Å². The van der Waals surface area contributed by atoms with Crippen LogP contribution in [0.1, 0.15) is 46.6 Å². The molecule has 1 atom stereocenters. The minimum absolute atomic E-state index is 0.0190. The third-order valence-electron chi connectivity index (χ3n) is 3.84. The SMILES string of the molecule is CCC(=O)N1c2ccc(C)cc2N(C(C)(C)C)C(=O)C1C. The summed E-state index contributed by atoms with van der Waals surface area (Å²) in [4.78, 5) is 28.5. The van der Waals surface area contributed by atoms with E-state index in [0.29, 0.717) is 6.42 Å². The van der Waals surface area contributed by atoms with Crippen molar-refractivity contribution >= 4 is 23.2 Å². The van der Waals surface area contributed by atoms with Crippen LogP contribution in [-0.4, -0.2) is 23.4 Å². The van der Waals surface area contributed by atoms with Gasteiger partial charge in [-0.25, -0.2) is 0 Å². The summed E-state index contributed by atoms with van der Waals surface area (Å²) in [6.07, 6.45) is 0.389. The van der Waals surface area contributed by atoms with Crippen molar-refractivity contribution in [2.45, 2.75) is 59.5 Å². The highest BCUT2D eigenvalue weighted by Crippen LogP contribution is 2.40. The average molecular weight is 288 g/mol. The Hall–Kier alpha value is -1.84. The van der Waals surface area contributed by atoms with E-state index in [-0.39, 0.29) is 17.4 Å². The van der Waals surface area contributed by atoms with Gasteiger partial charge in [-0.3, -0.25) is 14.5 Å². The van der Waals surface area contributed by atoms with Gasteiger partial charge in [0.05, 0.1) is 11.4 Å². The van der Waals surface area contributed by atoms with Crippen molar-refractivity contribution in [3.05, 3.63) is 23.8 Å². The molecule has 0 saturated heterocycles. The third kappa shape index (κ3) is 2.55. The molecule has 1 aliphatic rings. The average Bonchev–Trinajstić information content (AvgIpc) is 2.38. The highest BCUT2D eigenvalue weighted by molar-refractivity contribution is 6.13. The van der Waals surface area contributed by atoms with Gasteiger partial charge in [-0.15, -0.1) is 0 Å². The molecule has 4 heteroatoms. The van der Waals surface area contributed by atoms with Gasteiger partial charge in [-0.2, -0.15) is 0 Å². The third-order valence-corrected chi connectivity index (χ3v) is 3.84. The maximum absolute atomic E-state index is 12.8. The zero-order chi connectivity index (χ0) is 15.9. The van der Waals surface area contributed by atoms with Crippen molar-refractivity contribution in [1.29, 1.82) is 0 Å². The van der Waals surface area contributed by atoms with Crippen LogP contribution < -0.4 is 9.80 Å². The van der Waals surface area contributed by atoms with E-state index in [1.54, 1.807) is 11.8 Å². The first-order valence-corrected chi connectivity index (χ1v) is 7.45. The van der Waals surface area contributed by atoms with Gasteiger partial charge in [0.25, 0.3) is 0 Å². The molecule has 21 heavy (non-hydrogen) atoms. The van der Waals surface area contributed by atoms with E-state index in [0.717, 1.165) is 16.9 Å². The summed E-state index contributed by atoms with van der Waals surface area (Å²) in [5, 5.41) is 0. The molecule has 1 aromatic rings. The number of anilines is 2. The Morgan fingerprint density at radius 2 is 1.86 bits per heavy atom. The monoisotopic (exact) mass is 288 g/mol. The molecule has 0 aliphatic carbocycles. The first kappa shape index (κ1) is 15.5. The maximum atomic E-state index is 12.8. The molecule has 2 rings (SSSR count). The Kier molecular flexibility index (Phi) is 3.83. The Bertz CT molecular complexity index is 587. The van der Waals surface area contributed by atoms with Gasteiger partial charge in [0, 0.05) is 12.0 Å². The molecular formula is C17H24N2O2. The van der Waals surface area contributed by atoms with E-state index >= 15 is 0 Å². The highest BCUT2D eigenvalue weighted by Gasteiger charge is 2.42. The van der Waals surface area contributed by atoms with E-state index in [4.69, 9.17) is 0 Å². The lowest BCUT2D eigenvalue weighted by molar-refractivity contribution is -0.125. The summed E-state index contributed by atoms with van der Waals surface area (Å²) in [5.74, 6) is -0.0445. The molecule has 114 valence electrons. The second kappa shape index (κ2) is 5.17. The number of carbonyl (C=O) groups is 2. The second-order valence-electron chi connectivity index (χ2n) is 6.63. The lowest BCUT2D eigenvalue weighted by Gasteiger charge is -2.46. The molecule has 1 aromatic carbocycles. The van der Waals surface area contributed by atoms with E-state index < -0.39 is 6.04 Å². The Morgan fingerprint density at radius 1 is 1.24 bits per heavy atom. The molecule has 0 radical (unpaired) electrons. The van der Waals surface area contributed by atoms with Crippen LogP contribution in [0.2, 0.25) is 0 Å². The molecular weight excluding hydrogens is 264 g/mol. The summed E-state index contributed by atoms with van der Waals surface area (Å²) in [5.41, 5.74) is 2.41. The number of rotatable bonds is 1. The molecule has 0 aromatic heterocycles. The maximum Gasteiger partial charge on any atom is 0.250 e. The number of fused-ring (bicyclic) bond motifs is 1. The summed E-state index contributed by atoms with van der Waals surface area (Å²) >= 11 is 0. The predicted molar refractivity (Wildman–Crippen MR) is 85.7 cm³/mol. The molecule has 1 aliphatic heterocycles. The Balaban J connectivity index is 2.69. The van der Waals surface area contributed by atoms with Crippen LogP contribution in [0.5, 0.6) is 0 Å². The van der Waals surface area contributed by atoms with Gasteiger partial charge < -0.3 is 4.90 Å². The first-order valence-electron chi connectivity index (χ1n) is 7.45. The zero-order valence-electron chi connectivity index (χ0n) is 13.7. The van der Waals surface area contributed by atoms with E-state index in [2.05, 4.69) is 0 Å². The normalized spacial score (nSPS) is 18.8. The van der Waals surface area contributed by atoms with E-state index in [1.165, 1.54) is 0 Å². The summed E-state index contributed by atoms with van der Waals surface area (Å²) in [6, 6.07) is 5.45. The zero-order valence-corrected chi connectivity index (χ0v) is 13.7. The number of benzene rings is 1. The molecule has 1 unspecified atom stereocenters.